The lowest BCUT2D eigenvalue weighted by molar-refractivity contribution is 0.445. The van der Waals surface area contributed by atoms with Gasteiger partial charge in [-0.1, -0.05) is 37.7 Å². The number of hydrogen-bond acceptors (Lipinski definition) is 4. The van der Waals surface area contributed by atoms with Crippen LogP contribution in [0, 0.1) is 17.6 Å². The molecule has 19 heavy (non-hydrogen) atoms. The lowest BCUT2D eigenvalue weighted by atomic mass is 10.2. The van der Waals surface area contributed by atoms with Crippen molar-refractivity contribution in [2.24, 2.45) is 5.92 Å². The molecule has 7 heteroatoms. The average Bonchev–Trinajstić information content (AvgIpc) is 2.78. The van der Waals surface area contributed by atoms with E-state index < -0.39 is 11.6 Å². The maximum Gasteiger partial charge on any atom is 0.209 e. The molecule has 2 aromatic rings. The summed E-state index contributed by atoms with van der Waals surface area (Å²) in [6, 6.07) is 4.15. The zero-order chi connectivity index (χ0) is 13.8. The van der Waals surface area contributed by atoms with Gasteiger partial charge in [-0.2, -0.15) is 0 Å². The molecule has 1 heterocycles. The van der Waals surface area contributed by atoms with Gasteiger partial charge in [0.25, 0.3) is 0 Å². The van der Waals surface area contributed by atoms with Crippen molar-refractivity contribution in [2.45, 2.75) is 31.3 Å². The van der Waals surface area contributed by atoms with Crippen molar-refractivity contribution < 1.29 is 8.78 Å². The van der Waals surface area contributed by atoms with Gasteiger partial charge in [-0.3, -0.25) is 0 Å². The lowest BCUT2D eigenvalue weighted by Crippen LogP contribution is -2.07. The van der Waals surface area contributed by atoms with Crippen LogP contribution in [-0.2, 0) is 12.3 Å². The molecule has 2 rings (SSSR count). The van der Waals surface area contributed by atoms with Gasteiger partial charge in [0.1, 0.15) is 0 Å². The first-order chi connectivity index (χ1) is 9.08. The molecular weight excluding hydrogens is 270 g/mol. The van der Waals surface area contributed by atoms with Gasteiger partial charge in [-0.15, -0.1) is 5.10 Å². The number of aromatic nitrogens is 4. The van der Waals surface area contributed by atoms with E-state index in [0.717, 1.165) is 6.07 Å². The highest BCUT2D eigenvalue weighted by molar-refractivity contribution is 7.98. The zero-order valence-electron chi connectivity index (χ0n) is 10.7. The van der Waals surface area contributed by atoms with Crippen LogP contribution in [0.1, 0.15) is 19.4 Å². The second kappa shape index (κ2) is 6.10. The predicted octanol–water partition coefficient (Wildman–Crippen LogP) is 2.90. The van der Waals surface area contributed by atoms with Crippen LogP contribution in [0.25, 0.3) is 0 Å². The highest BCUT2D eigenvalue weighted by Gasteiger charge is 2.12. The number of nitrogens with zero attached hydrogens (tertiary/aromatic N) is 4. The van der Waals surface area contributed by atoms with Crippen LogP contribution in [0.4, 0.5) is 8.78 Å². The smallest absolute Gasteiger partial charge is 0.209 e. The Bertz CT molecular complexity index is 556. The first kappa shape index (κ1) is 13.9. The Morgan fingerprint density at radius 3 is 2.84 bits per heavy atom. The second-order valence-corrected chi connectivity index (χ2v) is 5.48. The molecule has 0 aliphatic rings. The van der Waals surface area contributed by atoms with Crippen LogP contribution >= 0.6 is 11.8 Å². The molecule has 4 nitrogen and oxygen atoms in total. The maximum absolute atomic E-state index is 13.5. The molecule has 0 atom stereocenters. The third kappa shape index (κ3) is 3.50. The molecule has 0 saturated heterocycles. The first-order valence-electron chi connectivity index (χ1n) is 5.89. The van der Waals surface area contributed by atoms with Gasteiger partial charge in [0, 0.05) is 17.9 Å². The van der Waals surface area contributed by atoms with Crippen molar-refractivity contribution in [1.82, 2.24) is 20.2 Å². The van der Waals surface area contributed by atoms with Gasteiger partial charge in [0.2, 0.25) is 5.16 Å². The van der Waals surface area contributed by atoms with Gasteiger partial charge >= 0.3 is 0 Å². The van der Waals surface area contributed by atoms with E-state index in [-0.39, 0.29) is 0 Å². The Morgan fingerprint density at radius 2 is 2.11 bits per heavy atom. The monoisotopic (exact) mass is 284 g/mol. The topological polar surface area (TPSA) is 43.6 Å². The number of tetrazole rings is 1. The van der Waals surface area contributed by atoms with E-state index in [4.69, 9.17) is 0 Å². The molecule has 0 fully saturated rings. The molecule has 0 aliphatic heterocycles. The minimum absolute atomic E-state index is 0.294. The summed E-state index contributed by atoms with van der Waals surface area (Å²) in [6.45, 7) is 4.81. The van der Waals surface area contributed by atoms with Gasteiger partial charge in [0.05, 0.1) is 0 Å². The molecule has 0 bridgehead atoms. The Kier molecular flexibility index (Phi) is 4.47. The molecule has 1 aromatic heterocycles. The fourth-order valence-corrected chi connectivity index (χ4v) is 2.42. The Hall–Kier alpha value is -1.50. The van der Waals surface area contributed by atoms with Crippen molar-refractivity contribution in [3.8, 4) is 0 Å². The van der Waals surface area contributed by atoms with Crippen molar-refractivity contribution >= 4 is 11.8 Å². The summed E-state index contributed by atoms with van der Waals surface area (Å²) >= 11 is 1.29. The lowest BCUT2D eigenvalue weighted by Gasteiger charge is -2.07. The minimum atomic E-state index is -0.833. The van der Waals surface area contributed by atoms with Crippen LogP contribution in [0.2, 0.25) is 0 Å². The highest BCUT2D eigenvalue weighted by atomic mass is 32.2. The van der Waals surface area contributed by atoms with Crippen molar-refractivity contribution in [1.29, 1.82) is 0 Å². The maximum atomic E-state index is 13.5. The number of benzene rings is 1. The molecular formula is C12H14F2N4S. The SMILES string of the molecule is CC(C)Cn1nnnc1SCc1cccc(F)c1F. The van der Waals surface area contributed by atoms with Crippen LogP contribution in [-0.4, -0.2) is 20.2 Å². The van der Waals surface area contributed by atoms with Crippen molar-refractivity contribution in [2.75, 3.05) is 0 Å². The fraction of sp³-hybridized carbons (Fsp3) is 0.417. The summed E-state index contributed by atoms with van der Waals surface area (Å²) < 4.78 is 28.2. The summed E-state index contributed by atoms with van der Waals surface area (Å²) in [5.41, 5.74) is 0.309. The third-order valence-corrected chi connectivity index (χ3v) is 3.43. The summed E-state index contributed by atoms with van der Waals surface area (Å²) in [5.74, 6) is -0.936. The van der Waals surface area contributed by atoms with Crippen LogP contribution in [0.3, 0.4) is 0 Å². The van der Waals surface area contributed by atoms with Gasteiger partial charge < -0.3 is 0 Å². The molecule has 1 aromatic carbocycles. The summed E-state index contributed by atoms with van der Waals surface area (Å²) in [6.07, 6.45) is 0. The van der Waals surface area contributed by atoms with Crippen LogP contribution < -0.4 is 0 Å². The van der Waals surface area contributed by atoms with E-state index in [0.29, 0.717) is 28.9 Å². The molecule has 0 amide bonds. The molecule has 102 valence electrons. The summed E-state index contributed by atoms with van der Waals surface area (Å²) in [4.78, 5) is 0. The molecule has 0 unspecified atom stereocenters. The molecule has 0 aliphatic carbocycles. The normalized spacial score (nSPS) is 11.2. The Labute approximate surface area is 114 Å². The fourth-order valence-electron chi connectivity index (χ4n) is 1.56. The Balaban J connectivity index is 2.06. The standard InChI is InChI=1S/C12H14F2N4S/c1-8(2)6-18-12(15-16-17-18)19-7-9-4-3-5-10(13)11(9)14/h3-5,8H,6-7H2,1-2H3. The van der Waals surface area contributed by atoms with Gasteiger partial charge in [0.15, 0.2) is 11.6 Å². The number of hydrogen-bond donors (Lipinski definition) is 0. The Morgan fingerprint density at radius 1 is 1.32 bits per heavy atom. The third-order valence-electron chi connectivity index (χ3n) is 2.43. The molecule has 0 radical (unpaired) electrons. The zero-order valence-corrected chi connectivity index (χ0v) is 11.5. The number of thioether (sulfide) groups is 1. The molecule has 0 spiro atoms. The quantitative estimate of drug-likeness (QED) is 0.792. The minimum Gasteiger partial charge on any atom is -0.220 e. The van der Waals surface area contributed by atoms with Crippen molar-refractivity contribution in [3.05, 3.63) is 35.4 Å². The van der Waals surface area contributed by atoms with E-state index in [1.54, 1.807) is 10.7 Å². The average molecular weight is 284 g/mol. The van der Waals surface area contributed by atoms with Crippen LogP contribution in [0.5, 0.6) is 0 Å². The van der Waals surface area contributed by atoms with E-state index in [1.165, 1.54) is 17.8 Å². The molecule has 0 N–H and O–H groups in total. The van der Waals surface area contributed by atoms with E-state index in [1.807, 2.05) is 0 Å². The van der Waals surface area contributed by atoms with E-state index in [9.17, 15) is 8.78 Å². The van der Waals surface area contributed by atoms with Crippen molar-refractivity contribution in [3.63, 3.8) is 0 Å². The van der Waals surface area contributed by atoms with E-state index >= 15 is 0 Å². The highest BCUT2D eigenvalue weighted by Crippen LogP contribution is 2.23. The van der Waals surface area contributed by atoms with Gasteiger partial charge in [-0.05, 0) is 22.4 Å². The first-order valence-corrected chi connectivity index (χ1v) is 6.88. The van der Waals surface area contributed by atoms with Gasteiger partial charge in [-0.25, -0.2) is 13.5 Å². The molecule has 0 saturated carbocycles. The summed E-state index contributed by atoms with van der Waals surface area (Å²) in [7, 11) is 0. The number of halogens is 2. The number of rotatable bonds is 5. The second-order valence-electron chi connectivity index (χ2n) is 4.54. The summed E-state index contributed by atoms with van der Waals surface area (Å²) in [5, 5.41) is 12.0. The predicted molar refractivity (Wildman–Crippen MR) is 68.6 cm³/mol. The van der Waals surface area contributed by atoms with Crippen LogP contribution in [0.15, 0.2) is 23.4 Å². The van der Waals surface area contributed by atoms with E-state index in [2.05, 4.69) is 29.4 Å². The largest absolute Gasteiger partial charge is 0.220 e.